The van der Waals surface area contributed by atoms with Crippen LogP contribution >= 0.6 is 11.8 Å². The van der Waals surface area contributed by atoms with Crippen molar-refractivity contribution in [2.45, 2.75) is 32.4 Å². The van der Waals surface area contributed by atoms with Crippen molar-refractivity contribution in [2.75, 3.05) is 31.6 Å². The van der Waals surface area contributed by atoms with Crippen molar-refractivity contribution in [3.8, 4) is 0 Å². The number of nitrogens with zero attached hydrogens (tertiary/aromatic N) is 1. The zero-order valence-corrected chi connectivity index (χ0v) is 11.1. The minimum absolute atomic E-state index is 0.574. The summed E-state index contributed by atoms with van der Waals surface area (Å²) in [5.41, 5.74) is 1.28. The van der Waals surface area contributed by atoms with Crippen LogP contribution in [-0.2, 0) is 0 Å². The van der Waals surface area contributed by atoms with Gasteiger partial charge in [-0.25, -0.2) is 0 Å². The lowest BCUT2D eigenvalue weighted by atomic mass is 10.0. The van der Waals surface area contributed by atoms with E-state index in [-0.39, 0.29) is 0 Å². The highest BCUT2D eigenvalue weighted by atomic mass is 32.2. The van der Waals surface area contributed by atoms with E-state index in [1.54, 1.807) is 0 Å². The first-order valence-electron chi connectivity index (χ1n) is 5.81. The van der Waals surface area contributed by atoms with Crippen molar-refractivity contribution >= 4 is 11.8 Å². The maximum atomic E-state index is 4.03. The van der Waals surface area contributed by atoms with E-state index in [0.29, 0.717) is 12.1 Å². The predicted octanol–water partition coefficient (Wildman–Crippen LogP) is 1.98. The lowest BCUT2D eigenvalue weighted by Gasteiger charge is -2.38. The standard InChI is InChI=1S/C12H24N2S/c1-5-13-11(8-10(2)3)12-9-15-7-6-14(12)4/h11-13H,2,5-9H2,1,3-4H3. The first-order chi connectivity index (χ1) is 7.15. The molecule has 0 amide bonds. The van der Waals surface area contributed by atoms with E-state index >= 15 is 0 Å². The zero-order chi connectivity index (χ0) is 11.3. The molecule has 0 aliphatic carbocycles. The van der Waals surface area contributed by atoms with Gasteiger partial charge in [0.2, 0.25) is 0 Å². The number of hydrogen-bond acceptors (Lipinski definition) is 3. The van der Waals surface area contributed by atoms with Crippen molar-refractivity contribution in [1.82, 2.24) is 10.2 Å². The first kappa shape index (κ1) is 13.1. The molecule has 0 aromatic rings. The topological polar surface area (TPSA) is 15.3 Å². The number of rotatable bonds is 5. The lowest BCUT2D eigenvalue weighted by Crippen LogP contribution is -2.52. The second kappa shape index (κ2) is 6.56. The van der Waals surface area contributed by atoms with Gasteiger partial charge in [0.1, 0.15) is 0 Å². The highest BCUT2D eigenvalue weighted by molar-refractivity contribution is 7.99. The van der Waals surface area contributed by atoms with Gasteiger partial charge in [-0.1, -0.05) is 12.5 Å². The van der Waals surface area contributed by atoms with E-state index in [9.17, 15) is 0 Å². The number of thioether (sulfide) groups is 1. The van der Waals surface area contributed by atoms with Gasteiger partial charge < -0.3 is 10.2 Å². The van der Waals surface area contributed by atoms with Gasteiger partial charge in [-0.15, -0.1) is 6.58 Å². The van der Waals surface area contributed by atoms with Crippen molar-refractivity contribution in [3.05, 3.63) is 12.2 Å². The Labute approximate surface area is 98.5 Å². The molecule has 1 rings (SSSR count). The Hall–Kier alpha value is 0.01000. The summed E-state index contributed by atoms with van der Waals surface area (Å²) in [6, 6.07) is 1.24. The largest absolute Gasteiger partial charge is 0.312 e. The second-order valence-electron chi connectivity index (χ2n) is 4.45. The van der Waals surface area contributed by atoms with Crippen LogP contribution in [-0.4, -0.2) is 48.6 Å². The summed E-state index contributed by atoms with van der Waals surface area (Å²) in [7, 11) is 2.24. The van der Waals surface area contributed by atoms with Crippen LogP contribution in [0.3, 0.4) is 0 Å². The van der Waals surface area contributed by atoms with E-state index in [2.05, 4.69) is 49.5 Å². The molecule has 2 nitrogen and oxygen atoms in total. The van der Waals surface area contributed by atoms with Crippen LogP contribution in [0.25, 0.3) is 0 Å². The van der Waals surface area contributed by atoms with Gasteiger partial charge in [0, 0.05) is 30.1 Å². The van der Waals surface area contributed by atoms with Gasteiger partial charge in [0.25, 0.3) is 0 Å². The van der Waals surface area contributed by atoms with Crippen LogP contribution in [0.5, 0.6) is 0 Å². The Morgan fingerprint density at radius 2 is 2.40 bits per heavy atom. The quantitative estimate of drug-likeness (QED) is 0.724. The van der Waals surface area contributed by atoms with Crippen LogP contribution < -0.4 is 5.32 Å². The Balaban J connectivity index is 2.55. The van der Waals surface area contributed by atoms with Crippen LogP contribution in [0.1, 0.15) is 20.3 Å². The Kier molecular flexibility index (Phi) is 5.72. The average Bonchev–Trinajstić information content (AvgIpc) is 2.17. The number of likely N-dealkylation sites (N-methyl/N-ethyl adjacent to an activating group) is 2. The summed E-state index contributed by atoms with van der Waals surface area (Å²) >= 11 is 2.08. The minimum Gasteiger partial charge on any atom is -0.312 e. The van der Waals surface area contributed by atoms with Crippen molar-refractivity contribution < 1.29 is 0 Å². The SMILES string of the molecule is C=C(C)CC(NCC)C1CSCCN1C. The fraction of sp³-hybridized carbons (Fsp3) is 0.833. The third-order valence-corrected chi connectivity index (χ3v) is 3.99. The highest BCUT2D eigenvalue weighted by Gasteiger charge is 2.27. The molecule has 3 heteroatoms. The molecule has 0 aromatic heterocycles. The highest BCUT2D eigenvalue weighted by Crippen LogP contribution is 2.20. The Morgan fingerprint density at radius 1 is 1.67 bits per heavy atom. The molecule has 1 saturated heterocycles. The molecule has 1 fully saturated rings. The van der Waals surface area contributed by atoms with Crippen molar-refractivity contribution in [2.24, 2.45) is 0 Å². The fourth-order valence-electron chi connectivity index (χ4n) is 2.11. The predicted molar refractivity (Wildman–Crippen MR) is 70.6 cm³/mol. The van der Waals surface area contributed by atoms with Crippen LogP contribution in [0.15, 0.2) is 12.2 Å². The molecule has 2 atom stereocenters. The van der Waals surface area contributed by atoms with E-state index < -0.39 is 0 Å². The molecule has 15 heavy (non-hydrogen) atoms. The summed E-state index contributed by atoms with van der Waals surface area (Å²) in [6.45, 7) is 10.6. The Morgan fingerprint density at radius 3 is 2.93 bits per heavy atom. The minimum atomic E-state index is 0.574. The fourth-order valence-corrected chi connectivity index (χ4v) is 3.42. The van der Waals surface area contributed by atoms with Crippen LogP contribution in [0, 0.1) is 0 Å². The van der Waals surface area contributed by atoms with Gasteiger partial charge in [-0.05, 0) is 26.9 Å². The zero-order valence-electron chi connectivity index (χ0n) is 10.3. The Bertz CT molecular complexity index is 206. The van der Waals surface area contributed by atoms with Crippen LogP contribution in [0.4, 0.5) is 0 Å². The third kappa shape index (κ3) is 4.17. The number of nitrogens with one attached hydrogen (secondary N) is 1. The maximum absolute atomic E-state index is 4.03. The van der Waals surface area contributed by atoms with Gasteiger partial charge in [0.05, 0.1) is 0 Å². The maximum Gasteiger partial charge on any atom is 0.0340 e. The summed E-state index contributed by atoms with van der Waals surface area (Å²) in [6.07, 6.45) is 1.10. The summed E-state index contributed by atoms with van der Waals surface area (Å²) in [4.78, 5) is 2.49. The monoisotopic (exact) mass is 228 g/mol. The molecule has 2 unspecified atom stereocenters. The molecule has 1 aliphatic heterocycles. The summed E-state index contributed by atoms with van der Waals surface area (Å²) < 4.78 is 0. The summed E-state index contributed by atoms with van der Waals surface area (Å²) in [5, 5.41) is 3.60. The van der Waals surface area contributed by atoms with Gasteiger partial charge in [-0.2, -0.15) is 11.8 Å². The molecular formula is C12H24N2S. The van der Waals surface area contributed by atoms with Crippen LogP contribution in [0.2, 0.25) is 0 Å². The molecular weight excluding hydrogens is 204 g/mol. The lowest BCUT2D eigenvalue weighted by molar-refractivity contribution is 0.215. The van der Waals surface area contributed by atoms with Gasteiger partial charge >= 0.3 is 0 Å². The van der Waals surface area contributed by atoms with E-state index in [4.69, 9.17) is 0 Å². The van der Waals surface area contributed by atoms with E-state index in [1.807, 2.05) is 0 Å². The van der Waals surface area contributed by atoms with Gasteiger partial charge in [0.15, 0.2) is 0 Å². The molecule has 0 radical (unpaired) electrons. The molecule has 88 valence electrons. The van der Waals surface area contributed by atoms with Gasteiger partial charge in [-0.3, -0.25) is 0 Å². The third-order valence-electron chi connectivity index (χ3n) is 2.94. The number of hydrogen-bond donors (Lipinski definition) is 1. The molecule has 0 bridgehead atoms. The molecule has 1 N–H and O–H groups in total. The van der Waals surface area contributed by atoms with E-state index in [0.717, 1.165) is 13.0 Å². The average molecular weight is 228 g/mol. The van der Waals surface area contributed by atoms with E-state index in [1.165, 1.54) is 23.6 Å². The first-order valence-corrected chi connectivity index (χ1v) is 6.96. The molecule has 0 spiro atoms. The molecule has 1 aliphatic rings. The second-order valence-corrected chi connectivity index (χ2v) is 5.60. The normalized spacial score (nSPS) is 25.1. The smallest absolute Gasteiger partial charge is 0.0340 e. The molecule has 0 saturated carbocycles. The molecule has 0 aromatic carbocycles. The molecule has 1 heterocycles. The summed E-state index contributed by atoms with van der Waals surface area (Å²) in [5.74, 6) is 2.53. The van der Waals surface area contributed by atoms with Crippen molar-refractivity contribution in [3.63, 3.8) is 0 Å². The van der Waals surface area contributed by atoms with Crippen molar-refractivity contribution in [1.29, 1.82) is 0 Å².